The molecular formula is C14H16N2. The van der Waals surface area contributed by atoms with Gasteiger partial charge in [-0.15, -0.1) is 0 Å². The molecule has 2 aromatic rings. The number of nitrogens with zero attached hydrogens (tertiary/aromatic N) is 1. The Bertz CT molecular complexity index is 530. The fourth-order valence-electron chi connectivity index (χ4n) is 1.89. The van der Waals surface area contributed by atoms with E-state index in [4.69, 9.17) is 5.73 Å². The lowest BCUT2D eigenvalue weighted by molar-refractivity contribution is 1.28. The van der Waals surface area contributed by atoms with Gasteiger partial charge in [0, 0.05) is 11.8 Å². The molecule has 1 heterocycles. The summed E-state index contributed by atoms with van der Waals surface area (Å²) in [6, 6.07) is 8.37. The first kappa shape index (κ1) is 10.7. The zero-order valence-electron chi connectivity index (χ0n) is 9.91. The molecule has 16 heavy (non-hydrogen) atoms. The lowest BCUT2D eigenvalue weighted by atomic mass is 9.97. The molecule has 0 aliphatic heterocycles. The highest BCUT2D eigenvalue weighted by molar-refractivity contribution is 5.71. The number of anilines is 1. The second kappa shape index (κ2) is 3.97. The Morgan fingerprint density at radius 2 is 1.69 bits per heavy atom. The van der Waals surface area contributed by atoms with Gasteiger partial charge in [-0.05, 0) is 43.5 Å². The maximum absolute atomic E-state index is 5.66. The molecule has 0 radical (unpaired) electrons. The van der Waals surface area contributed by atoms with Gasteiger partial charge in [-0.2, -0.15) is 0 Å². The van der Waals surface area contributed by atoms with Crippen LogP contribution in [-0.4, -0.2) is 4.98 Å². The number of hydrogen-bond donors (Lipinski definition) is 1. The highest BCUT2D eigenvalue weighted by Crippen LogP contribution is 2.27. The first-order valence-electron chi connectivity index (χ1n) is 5.37. The molecule has 0 spiro atoms. The monoisotopic (exact) mass is 212 g/mol. The number of hydrogen-bond acceptors (Lipinski definition) is 2. The summed E-state index contributed by atoms with van der Waals surface area (Å²) in [5, 5.41) is 0. The predicted molar refractivity (Wildman–Crippen MR) is 68.3 cm³/mol. The summed E-state index contributed by atoms with van der Waals surface area (Å²) in [5.74, 6) is 0.576. The largest absolute Gasteiger partial charge is 0.384 e. The molecule has 2 N–H and O–H groups in total. The molecule has 0 fully saturated rings. The van der Waals surface area contributed by atoms with Gasteiger partial charge in [0.2, 0.25) is 0 Å². The van der Waals surface area contributed by atoms with Crippen molar-refractivity contribution in [2.24, 2.45) is 0 Å². The summed E-state index contributed by atoms with van der Waals surface area (Å²) >= 11 is 0. The smallest absolute Gasteiger partial charge is 0.123 e. The molecule has 2 heteroatoms. The number of aromatic nitrogens is 1. The van der Waals surface area contributed by atoms with E-state index in [0.29, 0.717) is 5.82 Å². The minimum absolute atomic E-state index is 0.576. The van der Waals surface area contributed by atoms with Crippen molar-refractivity contribution < 1.29 is 0 Å². The van der Waals surface area contributed by atoms with E-state index in [2.05, 4.69) is 44.0 Å². The van der Waals surface area contributed by atoms with E-state index in [0.717, 1.165) is 5.56 Å². The number of nitrogens with two attached hydrogens (primary N) is 1. The van der Waals surface area contributed by atoms with Crippen molar-refractivity contribution in [2.75, 3.05) is 5.73 Å². The average molecular weight is 212 g/mol. The number of benzene rings is 1. The third kappa shape index (κ3) is 1.91. The molecule has 1 aromatic heterocycles. The molecule has 0 saturated carbocycles. The van der Waals surface area contributed by atoms with E-state index in [1.54, 1.807) is 0 Å². The maximum Gasteiger partial charge on any atom is 0.123 e. The zero-order chi connectivity index (χ0) is 11.7. The molecular weight excluding hydrogens is 196 g/mol. The summed E-state index contributed by atoms with van der Waals surface area (Å²) in [4.78, 5) is 4.16. The molecule has 1 aromatic carbocycles. The van der Waals surface area contributed by atoms with Crippen LogP contribution in [0.4, 0.5) is 5.82 Å². The number of aryl methyl sites for hydroxylation is 3. The van der Waals surface area contributed by atoms with E-state index in [-0.39, 0.29) is 0 Å². The van der Waals surface area contributed by atoms with Gasteiger partial charge in [-0.3, -0.25) is 0 Å². The summed E-state index contributed by atoms with van der Waals surface area (Å²) in [6.45, 7) is 6.28. The topological polar surface area (TPSA) is 38.9 Å². The fourth-order valence-corrected chi connectivity index (χ4v) is 1.89. The molecule has 0 unspecified atom stereocenters. The second-order valence-corrected chi connectivity index (χ2v) is 4.24. The minimum Gasteiger partial charge on any atom is -0.384 e. The average Bonchev–Trinajstić information content (AvgIpc) is 2.22. The van der Waals surface area contributed by atoms with Crippen LogP contribution in [-0.2, 0) is 0 Å². The maximum atomic E-state index is 5.66. The Morgan fingerprint density at radius 1 is 0.938 bits per heavy atom. The van der Waals surface area contributed by atoms with E-state index in [9.17, 15) is 0 Å². The first-order valence-corrected chi connectivity index (χ1v) is 5.37. The van der Waals surface area contributed by atoms with Crippen LogP contribution in [0.15, 0.2) is 30.5 Å². The van der Waals surface area contributed by atoms with Gasteiger partial charge in [-0.25, -0.2) is 4.98 Å². The van der Waals surface area contributed by atoms with Crippen LogP contribution in [0.25, 0.3) is 11.1 Å². The van der Waals surface area contributed by atoms with Crippen molar-refractivity contribution in [1.29, 1.82) is 0 Å². The summed E-state index contributed by atoms with van der Waals surface area (Å²) in [6.07, 6.45) is 1.85. The molecule has 82 valence electrons. The van der Waals surface area contributed by atoms with Crippen molar-refractivity contribution >= 4 is 5.82 Å². The second-order valence-electron chi connectivity index (χ2n) is 4.24. The first-order chi connectivity index (χ1) is 7.58. The summed E-state index contributed by atoms with van der Waals surface area (Å²) < 4.78 is 0. The van der Waals surface area contributed by atoms with Crippen LogP contribution in [0.5, 0.6) is 0 Å². The zero-order valence-corrected chi connectivity index (χ0v) is 9.91. The van der Waals surface area contributed by atoms with Gasteiger partial charge in [-0.1, -0.05) is 23.8 Å². The minimum atomic E-state index is 0.576. The Morgan fingerprint density at radius 3 is 2.38 bits per heavy atom. The van der Waals surface area contributed by atoms with Crippen LogP contribution in [0, 0.1) is 20.8 Å². The number of rotatable bonds is 1. The van der Waals surface area contributed by atoms with Gasteiger partial charge < -0.3 is 5.73 Å². The van der Waals surface area contributed by atoms with Crippen molar-refractivity contribution in [2.45, 2.75) is 20.8 Å². The predicted octanol–water partition coefficient (Wildman–Crippen LogP) is 3.26. The summed E-state index contributed by atoms with van der Waals surface area (Å²) in [7, 11) is 0. The third-order valence-electron chi connectivity index (χ3n) is 2.82. The Hall–Kier alpha value is -1.83. The number of nitrogen functional groups attached to an aromatic ring is 1. The van der Waals surface area contributed by atoms with Crippen LogP contribution < -0.4 is 5.73 Å². The van der Waals surface area contributed by atoms with Gasteiger partial charge in [0.25, 0.3) is 0 Å². The molecule has 0 atom stereocenters. The van der Waals surface area contributed by atoms with E-state index in [1.165, 1.54) is 22.3 Å². The van der Waals surface area contributed by atoms with Gasteiger partial charge >= 0.3 is 0 Å². The molecule has 0 aliphatic carbocycles. The van der Waals surface area contributed by atoms with E-state index in [1.807, 2.05) is 12.3 Å². The highest BCUT2D eigenvalue weighted by atomic mass is 14.8. The van der Waals surface area contributed by atoms with Crippen LogP contribution in [0.3, 0.4) is 0 Å². The molecule has 2 nitrogen and oxygen atoms in total. The van der Waals surface area contributed by atoms with Crippen molar-refractivity contribution in [3.05, 3.63) is 47.2 Å². The molecule has 0 bridgehead atoms. The van der Waals surface area contributed by atoms with E-state index >= 15 is 0 Å². The number of pyridine rings is 1. The molecule has 0 aliphatic rings. The fraction of sp³-hybridized carbons (Fsp3) is 0.214. The third-order valence-corrected chi connectivity index (χ3v) is 2.82. The van der Waals surface area contributed by atoms with Crippen LogP contribution in [0.2, 0.25) is 0 Å². The molecule has 0 amide bonds. The molecule has 0 saturated heterocycles. The quantitative estimate of drug-likeness (QED) is 0.788. The lowest BCUT2D eigenvalue weighted by Crippen LogP contribution is -1.94. The SMILES string of the molecule is Cc1ccc(C)c(-c2cnc(N)cc2C)c1. The van der Waals surface area contributed by atoms with Gasteiger partial charge in [0.05, 0.1) is 0 Å². The molecule has 2 rings (SSSR count). The Kier molecular flexibility index (Phi) is 2.65. The van der Waals surface area contributed by atoms with Crippen LogP contribution in [0.1, 0.15) is 16.7 Å². The van der Waals surface area contributed by atoms with E-state index < -0.39 is 0 Å². The van der Waals surface area contributed by atoms with Crippen molar-refractivity contribution in [3.8, 4) is 11.1 Å². The summed E-state index contributed by atoms with van der Waals surface area (Å²) in [5.41, 5.74) is 11.8. The van der Waals surface area contributed by atoms with Crippen molar-refractivity contribution in [1.82, 2.24) is 4.98 Å². The lowest BCUT2D eigenvalue weighted by Gasteiger charge is -2.10. The highest BCUT2D eigenvalue weighted by Gasteiger charge is 2.06. The standard InChI is InChI=1S/C14H16N2/c1-9-4-5-10(2)12(6-9)13-8-16-14(15)7-11(13)3/h4-8H,1-3H3,(H2,15,16). The van der Waals surface area contributed by atoms with Crippen LogP contribution >= 0.6 is 0 Å². The normalized spacial score (nSPS) is 10.4. The van der Waals surface area contributed by atoms with Gasteiger partial charge in [0.1, 0.15) is 5.82 Å². The van der Waals surface area contributed by atoms with Gasteiger partial charge in [0.15, 0.2) is 0 Å². The Labute approximate surface area is 96.1 Å². The Balaban J connectivity index is 2.62. The van der Waals surface area contributed by atoms with Crippen molar-refractivity contribution in [3.63, 3.8) is 0 Å².